The Morgan fingerprint density at radius 1 is 1.21 bits per heavy atom. The van der Waals surface area contributed by atoms with Crippen molar-refractivity contribution in [3.8, 4) is 0 Å². The van der Waals surface area contributed by atoms with Gasteiger partial charge >= 0.3 is 0 Å². The zero-order chi connectivity index (χ0) is 16.7. The van der Waals surface area contributed by atoms with Crippen molar-refractivity contribution >= 4 is 17.3 Å². The monoisotopic (exact) mass is 345 g/mol. The highest BCUT2D eigenvalue weighted by Crippen LogP contribution is 2.44. The van der Waals surface area contributed by atoms with E-state index in [2.05, 4.69) is 43.4 Å². The van der Waals surface area contributed by atoms with Crippen LogP contribution in [0.25, 0.3) is 0 Å². The third-order valence-electron chi connectivity index (χ3n) is 5.28. The molecule has 4 heteroatoms. The van der Waals surface area contributed by atoms with Crippen molar-refractivity contribution in [2.75, 3.05) is 18.5 Å². The number of hydrogen-bond donors (Lipinski definition) is 1. The topological polar surface area (TPSA) is 30.5 Å². The Hall–Kier alpha value is -1.29. The second-order valence-electron chi connectivity index (χ2n) is 7.12. The van der Waals surface area contributed by atoms with Gasteiger partial charge in [0.15, 0.2) is 0 Å². The fourth-order valence-electron chi connectivity index (χ4n) is 3.94. The minimum atomic E-state index is -0.0194. The summed E-state index contributed by atoms with van der Waals surface area (Å²) in [5.74, 6) is 0.723. The first-order chi connectivity index (χ1) is 11.6. The zero-order valence-electron chi connectivity index (χ0n) is 14.2. The van der Waals surface area contributed by atoms with E-state index >= 15 is 0 Å². The molecule has 0 spiro atoms. The summed E-state index contributed by atoms with van der Waals surface area (Å²) >= 11 is 6.51. The van der Waals surface area contributed by atoms with Crippen molar-refractivity contribution in [1.29, 1.82) is 0 Å². The van der Waals surface area contributed by atoms with E-state index in [0.29, 0.717) is 19.1 Å². The fourth-order valence-corrected chi connectivity index (χ4v) is 4.24. The molecule has 1 aromatic rings. The molecular formula is C20H24ClNO2. The Morgan fingerprint density at radius 3 is 2.83 bits per heavy atom. The number of allylic oxidation sites excluding steroid dienone is 3. The number of nitrogens with one attached hydrogen (secondary N) is 1. The van der Waals surface area contributed by atoms with Crippen molar-refractivity contribution < 1.29 is 9.47 Å². The number of hydrogen-bond acceptors (Lipinski definition) is 3. The zero-order valence-corrected chi connectivity index (χ0v) is 14.9. The van der Waals surface area contributed by atoms with Gasteiger partial charge in [-0.2, -0.15) is 0 Å². The Bertz CT molecular complexity index is 682. The summed E-state index contributed by atoms with van der Waals surface area (Å²) in [5, 5.41) is 4.59. The van der Waals surface area contributed by atoms with Gasteiger partial charge in [-0.3, -0.25) is 0 Å². The van der Waals surface area contributed by atoms with E-state index in [0.717, 1.165) is 17.1 Å². The number of halogens is 1. The van der Waals surface area contributed by atoms with Crippen molar-refractivity contribution in [3.05, 3.63) is 52.6 Å². The first-order valence-electron chi connectivity index (χ1n) is 8.81. The van der Waals surface area contributed by atoms with Crippen LogP contribution in [0.5, 0.6) is 0 Å². The Morgan fingerprint density at radius 2 is 2.04 bits per heavy atom. The van der Waals surface area contributed by atoms with Crippen LogP contribution in [0.3, 0.4) is 0 Å². The molecule has 4 rings (SSSR count). The number of anilines is 1. The second-order valence-corrected chi connectivity index (χ2v) is 7.56. The Labute approximate surface area is 148 Å². The molecule has 2 aliphatic heterocycles. The van der Waals surface area contributed by atoms with E-state index in [4.69, 9.17) is 21.1 Å². The molecular weight excluding hydrogens is 322 g/mol. The first kappa shape index (κ1) is 16.2. The largest absolute Gasteiger partial charge is 0.379 e. The molecule has 3 aliphatic rings. The molecule has 4 atom stereocenters. The molecule has 1 saturated heterocycles. The van der Waals surface area contributed by atoms with Crippen molar-refractivity contribution in [1.82, 2.24) is 0 Å². The molecule has 2 heterocycles. The standard InChI is InChI=1S/C20H24ClNO2/c1-12(2)13-7-8-17-15(11-13)19-20(24-10-9-23-19)18(22-17)14-5-3-4-6-16(14)21/h3-4,6-8,11-12,14,18-20,22H,5,9-10H2,1-2H3/t14?,18-,19+,20-/m0/s1. The van der Waals surface area contributed by atoms with Gasteiger partial charge in [0.2, 0.25) is 0 Å². The van der Waals surface area contributed by atoms with Crippen LogP contribution >= 0.6 is 11.6 Å². The predicted molar refractivity (Wildman–Crippen MR) is 97.6 cm³/mol. The van der Waals surface area contributed by atoms with Gasteiger partial charge < -0.3 is 14.8 Å². The molecule has 3 nitrogen and oxygen atoms in total. The molecule has 24 heavy (non-hydrogen) atoms. The summed E-state index contributed by atoms with van der Waals surface area (Å²) in [6, 6.07) is 6.78. The smallest absolute Gasteiger partial charge is 0.113 e. The molecule has 1 aromatic carbocycles. The van der Waals surface area contributed by atoms with Crippen LogP contribution in [0, 0.1) is 5.92 Å². The van der Waals surface area contributed by atoms with Crippen LogP contribution in [0.1, 0.15) is 43.4 Å². The number of fused-ring (bicyclic) bond motifs is 3. The first-order valence-corrected chi connectivity index (χ1v) is 9.18. The molecule has 0 radical (unpaired) electrons. The minimum Gasteiger partial charge on any atom is -0.379 e. The summed E-state index contributed by atoms with van der Waals surface area (Å²) in [6.07, 6.45) is 7.10. The summed E-state index contributed by atoms with van der Waals surface area (Å²) in [5.41, 5.74) is 3.70. The van der Waals surface area contributed by atoms with E-state index in [1.165, 1.54) is 11.1 Å². The highest BCUT2D eigenvalue weighted by Gasteiger charge is 2.44. The van der Waals surface area contributed by atoms with Crippen LogP contribution in [0.2, 0.25) is 0 Å². The van der Waals surface area contributed by atoms with E-state index in [-0.39, 0.29) is 24.2 Å². The molecule has 1 N–H and O–H groups in total. The Kier molecular flexibility index (Phi) is 4.42. The van der Waals surface area contributed by atoms with Gasteiger partial charge in [0.25, 0.3) is 0 Å². The lowest BCUT2D eigenvalue weighted by Gasteiger charge is -2.45. The van der Waals surface area contributed by atoms with E-state index in [1.54, 1.807) is 0 Å². The highest BCUT2D eigenvalue weighted by atomic mass is 35.5. The van der Waals surface area contributed by atoms with Gasteiger partial charge in [0, 0.05) is 22.2 Å². The second kappa shape index (κ2) is 6.55. The molecule has 1 aliphatic carbocycles. The lowest BCUT2D eigenvalue weighted by Crippen LogP contribution is -2.51. The van der Waals surface area contributed by atoms with Gasteiger partial charge in [0.1, 0.15) is 12.2 Å². The highest BCUT2D eigenvalue weighted by molar-refractivity contribution is 6.30. The SMILES string of the molecule is CC(C)c1ccc2c(c1)[C@H]1OCCO[C@H]1[C@H](C1CC=CC=C1Cl)N2. The molecule has 1 unspecified atom stereocenters. The quantitative estimate of drug-likeness (QED) is 0.838. The van der Waals surface area contributed by atoms with Gasteiger partial charge in [-0.25, -0.2) is 0 Å². The number of benzene rings is 1. The normalized spacial score (nSPS) is 31.9. The van der Waals surface area contributed by atoms with Gasteiger partial charge in [-0.15, -0.1) is 0 Å². The van der Waals surface area contributed by atoms with E-state index in [1.807, 2.05) is 12.2 Å². The molecule has 1 fully saturated rings. The van der Waals surface area contributed by atoms with E-state index < -0.39 is 0 Å². The molecule has 128 valence electrons. The van der Waals surface area contributed by atoms with Gasteiger partial charge in [-0.1, -0.05) is 49.7 Å². The average molecular weight is 346 g/mol. The van der Waals surface area contributed by atoms with Crippen molar-refractivity contribution in [2.45, 2.75) is 44.4 Å². The summed E-state index contributed by atoms with van der Waals surface area (Å²) in [4.78, 5) is 0. The fraction of sp³-hybridized carbons (Fsp3) is 0.500. The lowest BCUT2D eigenvalue weighted by atomic mass is 9.81. The third kappa shape index (κ3) is 2.79. The summed E-state index contributed by atoms with van der Waals surface area (Å²) in [6.45, 7) is 5.72. The number of ether oxygens (including phenoxy) is 2. The average Bonchev–Trinajstić information content (AvgIpc) is 2.61. The third-order valence-corrected chi connectivity index (χ3v) is 5.69. The number of rotatable bonds is 2. The van der Waals surface area contributed by atoms with Crippen LogP contribution in [0.15, 0.2) is 41.5 Å². The molecule has 0 bridgehead atoms. The van der Waals surface area contributed by atoms with Gasteiger partial charge in [0.05, 0.1) is 19.3 Å². The van der Waals surface area contributed by atoms with Crippen LogP contribution in [0.4, 0.5) is 5.69 Å². The van der Waals surface area contributed by atoms with E-state index in [9.17, 15) is 0 Å². The molecule has 0 aromatic heterocycles. The molecule has 0 saturated carbocycles. The maximum atomic E-state index is 6.51. The predicted octanol–water partition coefficient (Wildman–Crippen LogP) is 4.76. The summed E-state index contributed by atoms with van der Waals surface area (Å²) < 4.78 is 12.3. The van der Waals surface area contributed by atoms with Crippen molar-refractivity contribution in [3.63, 3.8) is 0 Å². The summed E-state index contributed by atoms with van der Waals surface area (Å²) in [7, 11) is 0. The minimum absolute atomic E-state index is 0.00712. The lowest BCUT2D eigenvalue weighted by molar-refractivity contribution is -0.154. The molecule has 0 amide bonds. The Balaban J connectivity index is 1.72. The van der Waals surface area contributed by atoms with Gasteiger partial charge in [-0.05, 0) is 30.0 Å². The maximum absolute atomic E-state index is 6.51. The van der Waals surface area contributed by atoms with Crippen LogP contribution in [-0.4, -0.2) is 25.4 Å². The van der Waals surface area contributed by atoms with Crippen LogP contribution < -0.4 is 5.32 Å². The van der Waals surface area contributed by atoms with Crippen LogP contribution in [-0.2, 0) is 9.47 Å². The maximum Gasteiger partial charge on any atom is 0.113 e. The van der Waals surface area contributed by atoms with Crippen molar-refractivity contribution in [2.24, 2.45) is 5.92 Å².